The zero-order valence-electron chi connectivity index (χ0n) is 19.3. The van der Waals surface area contributed by atoms with E-state index in [2.05, 4.69) is 26.0 Å². The third-order valence-electron chi connectivity index (χ3n) is 5.62. The molecule has 0 bridgehead atoms. The Balaban J connectivity index is 2.21. The van der Waals surface area contributed by atoms with Gasteiger partial charge in [-0.05, 0) is 63.8 Å². The Morgan fingerprint density at radius 3 is 2.40 bits per heavy atom. The maximum absolute atomic E-state index is 13.3. The van der Waals surface area contributed by atoms with Crippen LogP contribution < -0.4 is 4.74 Å². The number of carbonyl (C=O) groups excluding carboxylic acids is 1. The summed E-state index contributed by atoms with van der Waals surface area (Å²) in [4.78, 5) is 13.3. The van der Waals surface area contributed by atoms with Crippen LogP contribution in [0.1, 0.15) is 70.9 Å². The van der Waals surface area contributed by atoms with E-state index in [1.807, 2.05) is 39.0 Å². The van der Waals surface area contributed by atoms with Gasteiger partial charge in [0.25, 0.3) is 0 Å². The molecule has 4 nitrogen and oxygen atoms in total. The lowest BCUT2D eigenvalue weighted by Gasteiger charge is -2.21. The SMILES string of the molecule is CCCCCCCc1c(C)c(OC)cc2c3ccccc3n(C(=O)OC(C)(C)C)c12. The lowest BCUT2D eigenvalue weighted by molar-refractivity contribution is 0.0551. The molecule has 0 aliphatic rings. The van der Waals surface area contributed by atoms with Gasteiger partial charge in [0.05, 0.1) is 18.1 Å². The average Bonchev–Trinajstić information content (AvgIpc) is 3.02. The Kier molecular flexibility index (Phi) is 6.74. The number of methoxy groups -OCH3 is 1. The van der Waals surface area contributed by atoms with E-state index in [-0.39, 0.29) is 6.09 Å². The van der Waals surface area contributed by atoms with Gasteiger partial charge in [0, 0.05) is 10.8 Å². The number of hydrogen-bond acceptors (Lipinski definition) is 3. The molecule has 162 valence electrons. The fourth-order valence-corrected chi connectivity index (χ4v) is 4.19. The predicted octanol–water partition coefficient (Wildman–Crippen LogP) is 7.41. The Morgan fingerprint density at radius 1 is 1.03 bits per heavy atom. The number of ether oxygens (including phenoxy) is 2. The van der Waals surface area contributed by atoms with Crippen molar-refractivity contribution in [2.45, 2.75) is 78.7 Å². The normalized spacial score (nSPS) is 11.9. The van der Waals surface area contributed by atoms with Crippen LogP contribution in [0.2, 0.25) is 0 Å². The predicted molar refractivity (Wildman–Crippen MR) is 125 cm³/mol. The molecular formula is C26H35NO3. The lowest BCUT2D eigenvalue weighted by atomic mass is 9.97. The molecule has 4 heteroatoms. The summed E-state index contributed by atoms with van der Waals surface area (Å²) in [5.74, 6) is 0.873. The maximum Gasteiger partial charge on any atom is 0.419 e. The minimum absolute atomic E-state index is 0.328. The molecule has 3 aromatic rings. The molecule has 0 fully saturated rings. The third kappa shape index (κ3) is 4.48. The molecule has 0 saturated carbocycles. The first kappa shape index (κ1) is 22.2. The number of para-hydroxylation sites is 1. The monoisotopic (exact) mass is 409 g/mol. The van der Waals surface area contributed by atoms with E-state index in [1.54, 1.807) is 11.7 Å². The number of rotatable bonds is 7. The second kappa shape index (κ2) is 9.11. The molecule has 1 aromatic heterocycles. The lowest BCUT2D eigenvalue weighted by Crippen LogP contribution is -2.27. The van der Waals surface area contributed by atoms with Gasteiger partial charge < -0.3 is 9.47 Å². The van der Waals surface area contributed by atoms with Crippen LogP contribution in [0.3, 0.4) is 0 Å². The van der Waals surface area contributed by atoms with Crippen molar-refractivity contribution < 1.29 is 14.3 Å². The molecule has 0 saturated heterocycles. The number of carbonyl (C=O) groups is 1. The summed E-state index contributed by atoms with van der Waals surface area (Å²) in [6, 6.07) is 10.1. The summed E-state index contributed by atoms with van der Waals surface area (Å²) in [6.45, 7) is 10.0. The largest absolute Gasteiger partial charge is 0.496 e. The molecule has 1 heterocycles. The van der Waals surface area contributed by atoms with E-state index >= 15 is 0 Å². The zero-order chi connectivity index (χ0) is 21.9. The number of nitrogens with zero attached hydrogens (tertiary/aromatic N) is 1. The van der Waals surface area contributed by atoms with Crippen molar-refractivity contribution in [2.24, 2.45) is 0 Å². The van der Waals surface area contributed by atoms with Gasteiger partial charge in [-0.15, -0.1) is 0 Å². The fraction of sp³-hybridized carbons (Fsp3) is 0.500. The van der Waals surface area contributed by atoms with E-state index in [4.69, 9.17) is 9.47 Å². The van der Waals surface area contributed by atoms with Crippen molar-refractivity contribution in [3.63, 3.8) is 0 Å². The van der Waals surface area contributed by atoms with E-state index in [1.165, 1.54) is 31.2 Å². The van der Waals surface area contributed by atoms with Gasteiger partial charge in [0.1, 0.15) is 11.4 Å². The van der Waals surface area contributed by atoms with Crippen molar-refractivity contribution in [1.29, 1.82) is 0 Å². The van der Waals surface area contributed by atoms with Gasteiger partial charge in [-0.25, -0.2) is 9.36 Å². The number of benzene rings is 2. The van der Waals surface area contributed by atoms with Crippen molar-refractivity contribution in [1.82, 2.24) is 4.57 Å². The molecule has 0 atom stereocenters. The van der Waals surface area contributed by atoms with E-state index in [0.717, 1.165) is 46.0 Å². The molecule has 0 spiro atoms. The minimum Gasteiger partial charge on any atom is -0.496 e. The molecule has 0 aliphatic carbocycles. The second-order valence-electron chi connectivity index (χ2n) is 9.08. The van der Waals surface area contributed by atoms with Crippen LogP contribution in [0.15, 0.2) is 30.3 Å². The Hall–Kier alpha value is -2.49. The highest BCUT2D eigenvalue weighted by atomic mass is 16.6. The Labute approximate surface area is 180 Å². The summed E-state index contributed by atoms with van der Waals surface area (Å²) in [6.07, 6.45) is 6.63. The molecule has 3 rings (SSSR count). The van der Waals surface area contributed by atoms with E-state index in [0.29, 0.717) is 0 Å². The highest BCUT2D eigenvalue weighted by molar-refractivity contribution is 6.14. The quantitative estimate of drug-likeness (QED) is 0.381. The van der Waals surface area contributed by atoms with Gasteiger partial charge in [0.2, 0.25) is 0 Å². The van der Waals surface area contributed by atoms with E-state index < -0.39 is 5.60 Å². The van der Waals surface area contributed by atoms with Gasteiger partial charge in [-0.2, -0.15) is 0 Å². The standard InChI is InChI=1S/C26H35NO3/c1-7-8-9-10-11-14-19-18(2)23(29-6)17-21-20-15-12-13-16-22(20)27(24(19)21)25(28)30-26(3,4)5/h12-13,15-17H,7-11,14H2,1-6H3. The van der Waals surface area contributed by atoms with Gasteiger partial charge >= 0.3 is 6.09 Å². The number of aromatic nitrogens is 1. The van der Waals surface area contributed by atoms with Crippen LogP contribution >= 0.6 is 0 Å². The topological polar surface area (TPSA) is 40.5 Å². The summed E-state index contributed by atoms with van der Waals surface area (Å²) >= 11 is 0. The highest BCUT2D eigenvalue weighted by Crippen LogP contribution is 2.38. The van der Waals surface area contributed by atoms with Crippen molar-refractivity contribution in [3.8, 4) is 5.75 Å². The van der Waals surface area contributed by atoms with Crippen LogP contribution in [0.5, 0.6) is 5.75 Å². The van der Waals surface area contributed by atoms with Crippen molar-refractivity contribution >= 4 is 27.9 Å². The summed E-state index contributed by atoms with van der Waals surface area (Å²) in [7, 11) is 1.71. The van der Waals surface area contributed by atoms with Crippen molar-refractivity contribution in [3.05, 3.63) is 41.5 Å². The van der Waals surface area contributed by atoms with Crippen LogP contribution in [-0.2, 0) is 11.2 Å². The van der Waals surface area contributed by atoms with Gasteiger partial charge in [-0.1, -0.05) is 50.8 Å². The molecule has 0 unspecified atom stereocenters. The molecule has 0 aliphatic heterocycles. The molecule has 0 N–H and O–H groups in total. The Morgan fingerprint density at radius 2 is 1.73 bits per heavy atom. The summed E-state index contributed by atoms with van der Waals surface area (Å²) in [5.41, 5.74) is 3.56. The summed E-state index contributed by atoms with van der Waals surface area (Å²) < 4.78 is 13.3. The maximum atomic E-state index is 13.3. The molecular weight excluding hydrogens is 374 g/mol. The smallest absolute Gasteiger partial charge is 0.419 e. The van der Waals surface area contributed by atoms with Crippen LogP contribution in [0.25, 0.3) is 21.8 Å². The molecule has 0 radical (unpaired) electrons. The van der Waals surface area contributed by atoms with Crippen LogP contribution in [0.4, 0.5) is 4.79 Å². The highest BCUT2D eigenvalue weighted by Gasteiger charge is 2.25. The van der Waals surface area contributed by atoms with Crippen LogP contribution in [0, 0.1) is 6.92 Å². The number of fused-ring (bicyclic) bond motifs is 3. The van der Waals surface area contributed by atoms with E-state index in [9.17, 15) is 4.79 Å². The molecule has 30 heavy (non-hydrogen) atoms. The molecule has 0 amide bonds. The minimum atomic E-state index is -0.559. The first-order valence-corrected chi connectivity index (χ1v) is 11.1. The fourth-order valence-electron chi connectivity index (χ4n) is 4.19. The zero-order valence-corrected chi connectivity index (χ0v) is 19.3. The first-order valence-electron chi connectivity index (χ1n) is 11.1. The average molecular weight is 410 g/mol. The third-order valence-corrected chi connectivity index (χ3v) is 5.62. The number of unbranched alkanes of at least 4 members (excludes halogenated alkanes) is 4. The molecule has 2 aromatic carbocycles. The van der Waals surface area contributed by atoms with Crippen molar-refractivity contribution in [2.75, 3.05) is 7.11 Å². The number of aryl methyl sites for hydroxylation is 1. The second-order valence-corrected chi connectivity index (χ2v) is 9.08. The first-order chi connectivity index (χ1) is 14.3. The van der Waals surface area contributed by atoms with Gasteiger partial charge in [-0.3, -0.25) is 0 Å². The van der Waals surface area contributed by atoms with Crippen LogP contribution in [-0.4, -0.2) is 23.4 Å². The van der Waals surface area contributed by atoms with Gasteiger partial charge in [0.15, 0.2) is 0 Å². The summed E-state index contributed by atoms with van der Waals surface area (Å²) in [5, 5.41) is 2.09. The Bertz CT molecular complexity index is 1040. The number of hydrogen-bond donors (Lipinski definition) is 0.